The first-order valence-corrected chi connectivity index (χ1v) is 6.14. The smallest absolute Gasteiger partial charge is 0.249 e. The number of hydrogen-bond acceptors (Lipinski definition) is 4. The number of rotatable bonds is 2. The quantitative estimate of drug-likeness (QED) is 0.656. The number of carbonyl (C=O) groups excluding carboxylic acids is 2. The van der Waals surface area contributed by atoms with Gasteiger partial charge in [0, 0.05) is 0 Å². The van der Waals surface area contributed by atoms with Crippen molar-refractivity contribution < 1.29 is 9.59 Å². The van der Waals surface area contributed by atoms with Crippen molar-refractivity contribution in [2.24, 2.45) is 0 Å². The molecule has 0 spiro atoms. The summed E-state index contributed by atoms with van der Waals surface area (Å²) in [4.78, 5) is 29.1. The first kappa shape index (κ1) is 12.0. The maximum Gasteiger partial charge on any atom is 0.249 e. The molecule has 0 saturated carbocycles. The summed E-state index contributed by atoms with van der Waals surface area (Å²) in [6.45, 7) is 2.07. The Bertz CT molecular complexity index is 464. The van der Waals surface area contributed by atoms with E-state index in [9.17, 15) is 9.59 Å². The molecule has 1 fully saturated rings. The number of nitrogens with zero attached hydrogens (tertiary/aromatic N) is 2. The Labute approximate surface area is 107 Å². The second-order valence-corrected chi connectivity index (χ2v) is 4.60. The van der Waals surface area contributed by atoms with Gasteiger partial charge in [-0.05, 0) is 34.5 Å². The normalized spacial score (nSPS) is 20.4. The summed E-state index contributed by atoms with van der Waals surface area (Å²) in [5, 5.41) is 2.34. The van der Waals surface area contributed by atoms with E-state index in [0.29, 0.717) is 16.8 Å². The van der Waals surface area contributed by atoms with Crippen LogP contribution in [0.5, 0.6) is 0 Å². The summed E-state index contributed by atoms with van der Waals surface area (Å²) in [6, 6.07) is 5.08. The topological polar surface area (TPSA) is 62.3 Å². The van der Waals surface area contributed by atoms with Crippen LogP contribution in [0.2, 0.25) is 0 Å². The van der Waals surface area contributed by atoms with E-state index < -0.39 is 0 Å². The average molecular weight is 298 g/mol. The standard InChI is InChI=1S/C11H12BrN3O2/c1-2-7-11(17)14-10(16)6-15(7)9-5-3-4-8(12)13-9/h3-5,7H,2,6H2,1H3,(H,14,16,17). The SMILES string of the molecule is CCC1C(=O)NC(=O)CN1c1cccc(Br)n1. The van der Waals surface area contributed by atoms with E-state index >= 15 is 0 Å². The molecule has 1 aromatic rings. The maximum atomic E-state index is 11.7. The van der Waals surface area contributed by atoms with Gasteiger partial charge in [0.25, 0.3) is 0 Å². The molecule has 1 atom stereocenters. The van der Waals surface area contributed by atoms with Crippen molar-refractivity contribution in [3.63, 3.8) is 0 Å². The number of nitrogens with one attached hydrogen (secondary N) is 1. The van der Waals surface area contributed by atoms with Crippen LogP contribution in [0.15, 0.2) is 22.8 Å². The zero-order chi connectivity index (χ0) is 12.4. The molecule has 0 radical (unpaired) electrons. The molecule has 1 saturated heterocycles. The molecule has 2 heterocycles. The van der Waals surface area contributed by atoms with Crippen LogP contribution in [0, 0.1) is 0 Å². The first-order valence-electron chi connectivity index (χ1n) is 5.34. The minimum Gasteiger partial charge on any atom is -0.335 e. The summed E-state index contributed by atoms with van der Waals surface area (Å²) < 4.78 is 0.684. The van der Waals surface area contributed by atoms with Gasteiger partial charge in [-0.1, -0.05) is 13.0 Å². The molecule has 1 aliphatic rings. The van der Waals surface area contributed by atoms with Gasteiger partial charge in [0.05, 0.1) is 6.54 Å². The van der Waals surface area contributed by atoms with E-state index in [0.717, 1.165) is 0 Å². The van der Waals surface area contributed by atoms with Crippen molar-refractivity contribution in [1.29, 1.82) is 0 Å². The number of hydrogen-bond donors (Lipinski definition) is 1. The molecule has 2 rings (SSSR count). The van der Waals surface area contributed by atoms with E-state index in [1.54, 1.807) is 17.0 Å². The summed E-state index contributed by atoms with van der Waals surface area (Å²) >= 11 is 3.28. The molecule has 0 aliphatic carbocycles. The number of aromatic nitrogens is 1. The summed E-state index contributed by atoms with van der Waals surface area (Å²) in [5.41, 5.74) is 0. The van der Waals surface area contributed by atoms with Crippen molar-refractivity contribution >= 4 is 33.6 Å². The van der Waals surface area contributed by atoms with Crippen molar-refractivity contribution in [2.45, 2.75) is 19.4 Å². The van der Waals surface area contributed by atoms with Crippen molar-refractivity contribution in [1.82, 2.24) is 10.3 Å². The summed E-state index contributed by atoms with van der Waals surface area (Å²) in [6.07, 6.45) is 0.632. The highest BCUT2D eigenvalue weighted by Gasteiger charge is 2.33. The van der Waals surface area contributed by atoms with Gasteiger partial charge in [-0.3, -0.25) is 14.9 Å². The lowest BCUT2D eigenvalue weighted by molar-refractivity contribution is -0.132. The second-order valence-electron chi connectivity index (χ2n) is 3.78. The predicted octanol–water partition coefficient (Wildman–Crippen LogP) is 1.09. The molecule has 17 heavy (non-hydrogen) atoms. The number of pyridine rings is 1. The van der Waals surface area contributed by atoms with Gasteiger partial charge in [0.2, 0.25) is 11.8 Å². The zero-order valence-electron chi connectivity index (χ0n) is 9.31. The Morgan fingerprint density at radius 2 is 2.29 bits per heavy atom. The van der Waals surface area contributed by atoms with E-state index in [4.69, 9.17) is 0 Å². The molecule has 1 aliphatic heterocycles. The fourth-order valence-corrected chi connectivity index (χ4v) is 2.20. The third-order valence-corrected chi connectivity index (χ3v) is 3.08. The number of amides is 2. The van der Waals surface area contributed by atoms with E-state index in [2.05, 4.69) is 26.2 Å². The van der Waals surface area contributed by atoms with Gasteiger partial charge in [0.1, 0.15) is 16.5 Å². The van der Waals surface area contributed by atoms with Gasteiger partial charge in [0.15, 0.2) is 0 Å². The van der Waals surface area contributed by atoms with Crippen molar-refractivity contribution in [2.75, 3.05) is 11.4 Å². The Balaban J connectivity index is 2.34. The lowest BCUT2D eigenvalue weighted by Gasteiger charge is -2.34. The lowest BCUT2D eigenvalue weighted by atomic mass is 10.1. The van der Waals surface area contributed by atoms with Crippen LogP contribution in [0.3, 0.4) is 0 Å². The minimum absolute atomic E-state index is 0.160. The second kappa shape index (κ2) is 4.83. The molecule has 6 heteroatoms. The Hall–Kier alpha value is -1.43. The van der Waals surface area contributed by atoms with E-state index in [-0.39, 0.29) is 24.4 Å². The number of anilines is 1. The summed E-state index contributed by atoms with van der Waals surface area (Å²) in [5.74, 6) is 0.0847. The average Bonchev–Trinajstić information content (AvgIpc) is 2.28. The molecule has 1 unspecified atom stereocenters. The lowest BCUT2D eigenvalue weighted by Crippen LogP contribution is -2.58. The Kier molecular flexibility index (Phi) is 3.42. The van der Waals surface area contributed by atoms with Crippen LogP contribution in [0.4, 0.5) is 5.82 Å². The van der Waals surface area contributed by atoms with Gasteiger partial charge in [-0.25, -0.2) is 4.98 Å². The molecular weight excluding hydrogens is 286 g/mol. The molecule has 2 amide bonds. The molecule has 1 aromatic heterocycles. The number of halogens is 1. The molecular formula is C11H12BrN3O2. The third kappa shape index (κ3) is 2.46. The van der Waals surface area contributed by atoms with Gasteiger partial charge < -0.3 is 4.90 Å². The van der Waals surface area contributed by atoms with Crippen LogP contribution >= 0.6 is 15.9 Å². The predicted molar refractivity (Wildman–Crippen MR) is 66.5 cm³/mol. The van der Waals surface area contributed by atoms with Crippen molar-refractivity contribution in [3.8, 4) is 0 Å². The molecule has 0 bridgehead atoms. The molecule has 90 valence electrons. The monoisotopic (exact) mass is 297 g/mol. The van der Waals surface area contributed by atoms with E-state index in [1.807, 2.05) is 13.0 Å². The van der Waals surface area contributed by atoms with E-state index in [1.165, 1.54) is 0 Å². The zero-order valence-corrected chi connectivity index (χ0v) is 10.9. The highest BCUT2D eigenvalue weighted by atomic mass is 79.9. The van der Waals surface area contributed by atoms with Crippen LogP contribution in [-0.4, -0.2) is 29.4 Å². The first-order chi connectivity index (χ1) is 8.11. The van der Waals surface area contributed by atoms with Gasteiger partial charge >= 0.3 is 0 Å². The Morgan fingerprint density at radius 1 is 1.53 bits per heavy atom. The number of piperazine rings is 1. The van der Waals surface area contributed by atoms with Crippen LogP contribution < -0.4 is 10.2 Å². The molecule has 1 N–H and O–H groups in total. The highest BCUT2D eigenvalue weighted by molar-refractivity contribution is 9.10. The largest absolute Gasteiger partial charge is 0.335 e. The fraction of sp³-hybridized carbons (Fsp3) is 0.364. The van der Waals surface area contributed by atoms with Crippen LogP contribution in [-0.2, 0) is 9.59 Å². The maximum absolute atomic E-state index is 11.7. The fourth-order valence-electron chi connectivity index (χ4n) is 1.87. The van der Waals surface area contributed by atoms with Gasteiger partial charge in [-0.2, -0.15) is 0 Å². The highest BCUT2D eigenvalue weighted by Crippen LogP contribution is 2.20. The molecule has 5 nitrogen and oxygen atoms in total. The van der Waals surface area contributed by atoms with Gasteiger partial charge in [-0.15, -0.1) is 0 Å². The summed E-state index contributed by atoms with van der Waals surface area (Å²) in [7, 11) is 0. The third-order valence-electron chi connectivity index (χ3n) is 2.64. The number of carbonyl (C=O) groups is 2. The van der Waals surface area contributed by atoms with Crippen LogP contribution in [0.1, 0.15) is 13.3 Å². The minimum atomic E-state index is -0.338. The Morgan fingerprint density at radius 3 is 2.94 bits per heavy atom. The van der Waals surface area contributed by atoms with Crippen LogP contribution in [0.25, 0.3) is 0 Å². The van der Waals surface area contributed by atoms with Crippen molar-refractivity contribution in [3.05, 3.63) is 22.8 Å². The number of imide groups is 1. The molecule has 0 aromatic carbocycles.